The number of aryl methyl sites for hydroxylation is 1. The van der Waals surface area contributed by atoms with Crippen LogP contribution in [0.15, 0.2) is 23.0 Å². The summed E-state index contributed by atoms with van der Waals surface area (Å²) in [7, 11) is 1.69. The summed E-state index contributed by atoms with van der Waals surface area (Å²) in [5, 5.41) is 22.1. The van der Waals surface area contributed by atoms with Crippen molar-refractivity contribution in [1.29, 1.82) is 0 Å². The highest BCUT2D eigenvalue weighted by Crippen LogP contribution is 2.46. The van der Waals surface area contributed by atoms with Gasteiger partial charge in [-0.15, -0.1) is 0 Å². The standard InChI is InChI=1S/C23H22N2O5/c1-4-12-13-8-11(26)6-7-17(13)24-19-14(12)9-15-18-16(21(27)25(3)20(15)19)10-30-22(28)23(18,29)5-2/h6-8,26,29H,4-5,9-10H2,1-3H3. The third-order valence-corrected chi connectivity index (χ3v) is 6.52. The summed E-state index contributed by atoms with van der Waals surface area (Å²) >= 11 is 0. The summed E-state index contributed by atoms with van der Waals surface area (Å²) in [6.45, 7) is 3.60. The van der Waals surface area contributed by atoms with Crippen LogP contribution in [0.4, 0.5) is 0 Å². The molecular formula is C23H22N2O5. The van der Waals surface area contributed by atoms with E-state index in [9.17, 15) is 19.8 Å². The SMILES string of the molecule is CCc1c2c(nc3ccc(O)cc13)-c1c(c3c(c(=O)n1C)COC(=O)C3(O)CC)C2. The fourth-order valence-electron chi connectivity index (χ4n) is 5.02. The van der Waals surface area contributed by atoms with Crippen LogP contribution in [0.2, 0.25) is 0 Å². The molecule has 1 atom stereocenters. The maximum absolute atomic E-state index is 13.2. The van der Waals surface area contributed by atoms with Crippen molar-refractivity contribution in [2.45, 2.75) is 45.3 Å². The quantitative estimate of drug-likeness (QED) is 0.496. The van der Waals surface area contributed by atoms with Crippen molar-refractivity contribution >= 4 is 16.9 Å². The molecule has 3 aromatic rings. The van der Waals surface area contributed by atoms with Crippen LogP contribution in [0.1, 0.15) is 48.1 Å². The van der Waals surface area contributed by atoms with Gasteiger partial charge in [0.2, 0.25) is 0 Å². The van der Waals surface area contributed by atoms with Gasteiger partial charge in [0.15, 0.2) is 5.60 Å². The Morgan fingerprint density at radius 3 is 2.67 bits per heavy atom. The lowest BCUT2D eigenvalue weighted by atomic mass is 9.82. The first-order valence-electron chi connectivity index (χ1n) is 10.1. The average Bonchev–Trinajstić information content (AvgIpc) is 3.11. The van der Waals surface area contributed by atoms with Gasteiger partial charge >= 0.3 is 5.97 Å². The van der Waals surface area contributed by atoms with Gasteiger partial charge < -0.3 is 19.5 Å². The molecule has 1 aliphatic heterocycles. The normalized spacial score (nSPS) is 19.4. The summed E-state index contributed by atoms with van der Waals surface area (Å²) in [6.07, 6.45) is 1.28. The molecule has 3 heterocycles. The number of aromatic hydroxyl groups is 1. The first-order chi connectivity index (χ1) is 14.3. The number of ether oxygens (including phenoxy) is 1. The van der Waals surface area contributed by atoms with Gasteiger partial charge in [0.25, 0.3) is 5.56 Å². The van der Waals surface area contributed by atoms with Crippen molar-refractivity contribution in [3.63, 3.8) is 0 Å². The number of nitrogens with zero attached hydrogens (tertiary/aromatic N) is 2. The monoisotopic (exact) mass is 406 g/mol. The Bertz CT molecular complexity index is 1320. The molecule has 154 valence electrons. The molecule has 0 radical (unpaired) electrons. The number of aromatic nitrogens is 2. The van der Waals surface area contributed by atoms with Gasteiger partial charge in [0, 0.05) is 24.4 Å². The minimum Gasteiger partial charge on any atom is -0.508 e. The number of esters is 1. The third kappa shape index (κ3) is 2.21. The largest absolute Gasteiger partial charge is 0.508 e. The van der Waals surface area contributed by atoms with Crippen molar-refractivity contribution in [2.24, 2.45) is 7.05 Å². The van der Waals surface area contributed by atoms with E-state index in [1.54, 1.807) is 36.7 Å². The van der Waals surface area contributed by atoms with Crippen molar-refractivity contribution in [1.82, 2.24) is 9.55 Å². The molecule has 7 heteroatoms. The zero-order valence-corrected chi connectivity index (χ0v) is 17.1. The topological polar surface area (TPSA) is 102 Å². The molecule has 0 fully saturated rings. The van der Waals surface area contributed by atoms with E-state index >= 15 is 0 Å². The van der Waals surface area contributed by atoms with E-state index in [4.69, 9.17) is 9.72 Å². The number of pyridine rings is 2. The summed E-state index contributed by atoms with van der Waals surface area (Å²) in [4.78, 5) is 30.5. The lowest BCUT2D eigenvalue weighted by molar-refractivity contribution is -0.172. The molecule has 2 N–H and O–H groups in total. The second kappa shape index (κ2) is 6.15. The Labute approximate surface area is 172 Å². The molecule has 1 unspecified atom stereocenters. The van der Waals surface area contributed by atoms with E-state index in [0.29, 0.717) is 28.9 Å². The first kappa shape index (κ1) is 18.8. The fraction of sp³-hybridized carbons (Fsp3) is 0.348. The summed E-state index contributed by atoms with van der Waals surface area (Å²) in [6, 6.07) is 5.06. The van der Waals surface area contributed by atoms with E-state index in [2.05, 4.69) is 0 Å². The molecule has 1 aromatic carbocycles. The van der Waals surface area contributed by atoms with E-state index in [0.717, 1.165) is 34.0 Å². The van der Waals surface area contributed by atoms with Crippen molar-refractivity contribution in [3.8, 4) is 17.1 Å². The van der Waals surface area contributed by atoms with Gasteiger partial charge in [-0.3, -0.25) is 4.79 Å². The smallest absolute Gasteiger partial charge is 0.343 e. The zero-order chi connectivity index (χ0) is 21.4. The highest BCUT2D eigenvalue weighted by Gasteiger charge is 2.48. The lowest BCUT2D eigenvalue weighted by Crippen LogP contribution is -2.45. The predicted octanol–water partition coefficient (Wildman–Crippen LogP) is 2.43. The van der Waals surface area contributed by atoms with Crippen LogP contribution in [0, 0.1) is 0 Å². The highest BCUT2D eigenvalue weighted by atomic mass is 16.6. The molecule has 5 rings (SSSR count). The molecule has 0 saturated heterocycles. The number of phenols is 1. The molecule has 2 aliphatic rings. The Balaban J connectivity index is 1.91. The average molecular weight is 406 g/mol. The number of hydrogen-bond donors (Lipinski definition) is 2. The van der Waals surface area contributed by atoms with Crippen molar-refractivity contribution in [2.75, 3.05) is 0 Å². The van der Waals surface area contributed by atoms with Crippen LogP contribution in [-0.2, 0) is 41.6 Å². The molecular weight excluding hydrogens is 384 g/mol. The van der Waals surface area contributed by atoms with E-state index in [1.807, 2.05) is 6.92 Å². The van der Waals surface area contributed by atoms with Crippen LogP contribution in [0.3, 0.4) is 0 Å². The zero-order valence-electron chi connectivity index (χ0n) is 17.1. The molecule has 7 nitrogen and oxygen atoms in total. The maximum atomic E-state index is 13.2. The fourth-order valence-corrected chi connectivity index (χ4v) is 5.02. The Morgan fingerprint density at radius 2 is 1.97 bits per heavy atom. The van der Waals surface area contributed by atoms with E-state index in [-0.39, 0.29) is 24.3 Å². The number of phenolic OH excluding ortho intramolecular Hbond substituents is 1. The number of benzene rings is 1. The summed E-state index contributed by atoms with van der Waals surface area (Å²) in [5.74, 6) is -0.551. The van der Waals surface area contributed by atoms with Gasteiger partial charge in [-0.1, -0.05) is 13.8 Å². The number of rotatable bonds is 2. The van der Waals surface area contributed by atoms with E-state index < -0.39 is 11.6 Å². The second-order valence-corrected chi connectivity index (χ2v) is 7.98. The molecule has 0 spiro atoms. The highest BCUT2D eigenvalue weighted by molar-refractivity contribution is 5.92. The van der Waals surface area contributed by atoms with Crippen LogP contribution in [0.5, 0.6) is 5.75 Å². The molecule has 2 aromatic heterocycles. The van der Waals surface area contributed by atoms with Crippen LogP contribution >= 0.6 is 0 Å². The Morgan fingerprint density at radius 1 is 1.20 bits per heavy atom. The van der Waals surface area contributed by atoms with Gasteiger partial charge in [0.05, 0.1) is 22.5 Å². The van der Waals surface area contributed by atoms with Crippen molar-refractivity contribution in [3.05, 3.63) is 56.4 Å². The maximum Gasteiger partial charge on any atom is 0.343 e. The van der Waals surface area contributed by atoms with Gasteiger partial charge in [-0.2, -0.15) is 0 Å². The Hall–Kier alpha value is -3.19. The number of fused-ring (bicyclic) bond motifs is 6. The number of cyclic esters (lactones) is 1. The molecule has 0 saturated carbocycles. The third-order valence-electron chi connectivity index (χ3n) is 6.52. The molecule has 30 heavy (non-hydrogen) atoms. The van der Waals surface area contributed by atoms with Crippen LogP contribution in [-0.4, -0.2) is 25.7 Å². The predicted molar refractivity (Wildman–Crippen MR) is 110 cm³/mol. The second-order valence-electron chi connectivity index (χ2n) is 7.98. The molecule has 1 aliphatic carbocycles. The minimum atomic E-state index is -1.85. The number of aliphatic hydroxyl groups is 1. The lowest BCUT2D eigenvalue weighted by Gasteiger charge is -2.33. The first-order valence-corrected chi connectivity index (χ1v) is 10.1. The van der Waals surface area contributed by atoms with Gasteiger partial charge in [0.1, 0.15) is 12.4 Å². The van der Waals surface area contributed by atoms with E-state index in [1.165, 1.54) is 0 Å². The van der Waals surface area contributed by atoms with Gasteiger partial charge in [-0.05, 0) is 47.7 Å². The number of hydrogen-bond acceptors (Lipinski definition) is 6. The minimum absolute atomic E-state index is 0.110. The number of carbonyl (C=O) groups is 1. The molecule has 0 amide bonds. The number of carbonyl (C=O) groups excluding carboxylic acids is 1. The van der Waals surface area contributed by atoms with Crippen LogP contribution < -0.4 is 5.56 Å². The summed E-state index contributed by atoms with van der Waals surface area (Å²) < 4.78 is 6.71. The Kier molecular flexibility index (Phi) is 3.86. The van der Waals surface area contributed by atoms with Crippen LogP contribution in [0.25, 0.3) is 22.3 Å². The molecule has 0 bridgehead atoms. The summed E-state index contributed by atoms with van der Waals surface area (Å²) in [5.41, 5.74) is 3.39. The van der Waals surface area contributed by atoms with Crippen molar-refractivity contribution < 1.29 is 19.7 Å². The van der Waals surface area contributed by atoms with Gasteiger partial charge in [-0.25, -0.2) is 9.78 Å².